The molecule has 0 aromatic heterocycles. The molecule has 0 atom stereocenters. The van der Waals surface area contributed by atoms with E-state index in [1.165, 1.54) is 0 Å². The lowest BCUT2D eigenvalue weighted by atomic mass is 10.1. The van der Waals surface area contributed by atoms with Crippen molar-refractivity contribution in [3.8, 4) is 0 Å². The zero-order valence-corrected chi connectivity index (χ0v) is 13.8. The normalized spacial score (nSPS) is 17.0. The Balaban J connectivity index is 2.28. The topological polar surface area (TPSA) is 66.0 Å². The molecule has 2 N–H and O–H groups in total. The van der Waals surface area contributed by atoms with Crippen LogP contribution in [0.3, 0.4) is 0 Å². The Bertz CT molecular complexity index is 337. The van der Waals surface area contributed by atoms with Crippen LogP contribution in [0.4, 0.5) is 4.79 Å². The van der Waals surface area contributed by atoms with Gasteiger partial charge >= 0.3 is 6.09 Å². The first-order valence-electron chi connectivity index (χ1n) is 7.95. The smallest absolute Gasteiger partial charge is 0.409 e. The number of carbonyl (C=O) groups excluding carboxylic acids is 1. The predicted octanol–water partition coefficient (Wildman–Crippen LogP) is 1.82. The molecule has 1 aliphatic rings. The molecule has 6 nitrogen and oxygen atoms in total. The van der Waals surface area contributed by atoms with Crippen LogP contribution in [0.15, 0.2) is 4.99 Å². The van der Waals surface area contributed by atoms with Crippen molar-refractivity contribution in [3.63, 3.8) is 0 Å². The number of ether oxygens (including phenoxy) is 1. The van der Waals surface area contributed by atoms with Crippen molar-refractivity contribution in [2.75, 3.05) is 33.3 Å². The number of nitrogens with one attached hydrogen (secondary N) is 2. The number of amides is 1. The molecule has 0 spiro atoms. The average Bonchev–Trinajstić information content (AvgIpc) is 2.46. The zero-order chi connectivity index (χ0) is 15.7. The number of nitrogens with zero attached hydrogens (tertiary/aromatic N) is 2. The van der Waals surface area contributed by atoms with Gasteiger partial charge in [-0.3, -0.25) is 4.99 Å². The molecular weight excluding hydrogens is 268 g/mol. The maximum Gasteiger partial charge on any atom is 0.409 e. The van der Waals surface area contributed by atoms with Crippen LogP contribution in [0.2, 0.25) is 0 Å². The first-order valence-corrected chi connectivity index (χ1v) is 7.95. The Morgan fingerprint density at radius 1 is 1.38 bits per heavy atom. The van der Waals surface area contributed by atoms with E-state index in [0.717, 1.165) is 44.9 Å². The minimum Gasteiger partial charge on any atom is -0.450 e. The monoisotopic (exact) mass is 298 g/mol. The molecule has 0 radical (unpaired) electrons. The van der Waals surface area contributed by atoms with E-state index in [2.05, 4.69) is 29.5 Å². The molecule has 21 heavy (non-hydrogen) atoms. The number of piperidine rings is 1. The molecule has 122 valence electrons. The third-order valence-corrected chi connectivity index (χ3v) is 3.60. The van der Waals surface area contributed by atoms with E-state index < -0.39 is 0 Å². The van der Waals surface area contributed by atoms with Gasteiger partial charge in [0, 0.05) is 32.7 Å². The molecule has 0 aromatic rings. The second kappa shape index (κ2) is 9.47. The summed E-state index contributed by atoms with van der Waals surface area (Å²) in [6.07, 6.45) is 2.77. The molecular formula is C15H30N4O2. The van der Waals surface area contributed by atoms with Crippen LogP contribution in [-0.4, -0.2) is 56.3 Å². The number of hydrogen-bond acceptors (Lipinski definition) is 3. The first kappa shape index (κ1) is 17.6. The SMILES string of the molecule is CCOC(=O)N1CCC(NC(=NC)NCCC(C)C)CC1. The molecule has 1 saturated heterocycles. The largest absolute Gasteiger partial charge is 0.450 e. The van der Waals surface area contributed by atoms with Crippen LogP contribution < -0.4 is 10.6 Å². The molecule has 0 aliphatic carbocycles. The second-order valence-corrected chi connectivity index (χ2v) is 5.79. The fourth-order valence-corrected chi connectivity index (χ4v) is 2.29. The highest BCUT2D eigenvalue weighted by molar-refractivity contribution is 5.80. The van der Waals surface area contributed by atoms with Crippen molar-refractivity contribution in [3.05, 3.63) is 0 Å². The fourth-order valence-electron chi connectivity index (χ4n) is 2.29. The van der Waals surface area contributed by atoms with Crippen molar-refractivity contribution in [2.24, 2.45) is 10.9 Å². The van der Waals surface area contributed by atoms with Gasteiger partial charge in [0.25, 0.3) is 0 Å². The molecule has 1 rings (SSSR count). The summed E-state index contributed by atoms with van der Waals surface area (Å²) >= 11 is 0. The Kier molecular flexibility index (Phi) is 7.93. The summed E-state index contributed by atoms with van der Waals surface area (Å²) in [6.45, 7) is 9.09. The van der Waals surface area contributed by atoms with Gasteiger partial charge in [0.1, 0.15) is 0 Å². The van der Waals surface area contributed by atoms with Crippen LogP contribution >= 0.6 is 0 Å². The van der Waals surface area contributed by atoms with E-state index in [-0.39, 0.29) is 6.09 Å². The maximum absolute atomic E-state index is 11.6. The van der Waals surface area contributed by atoms with Gasteiger partial charge < -0.3 is 20.3 Å². The van der Waals surface area contributed by atoms with Crippen LogP contribution in [0.5, 0.6) is 0 Å². The zero-order valence-electron chi connectivity index (χ0n) is 13.8. The number of likely N-dealkylation sites (tertiary alicyclic amines) is 1. The number of rotatable bonds is 5. The molecule has 0 bridgehead atoms. The lowest BCUT2D eigenvalue weighted by Crippen LogP contribution is -2.50. The third kappa shape index (κ3) is 6.69. The van der Waals surface area contributed by atoms with Crippen molar-refractivity contribution in [2.45, 2.75) is 46.1 Å². The molecule has 1 amide bonds. The quantitative estimate of drug-likeness (QED) is 0.600. The van der Waals surface area contributed by atoms with E-state index >= 15 is 0 Å². The van der Waals surface area contributed by atoms with E-state index in [0.29, 0.717) is 18.6 Å². The molecule has 6 heteroatoms. The van der Waals surface area contributed by atoms with Gasteiger partial charge in [0.05, 0.1) is 6.61 Å². The summed E-state index contributed by atoms with van der Waals surface area (Å²) in [5, 5.41) is 6.77. The Labute approximate surface area is 128 Å². The highest BCUT2D eigenvalue weighted by atomic mass is 16.6. The average molecular weight is 298 g/mol. The fraction of sp³-hybridized carbons (Fsp3) is 0.867. The highest BCUT2D eigenvalue weighted by Crippen LogP contribution is 2.11. The number of aliphatic imine (C=N–C) groups is 1. The van der Waals surface area contributed by atoms with E-state index in [9.17, 15) is 4.79 Å². The van der Waals surface area contributed by atoms with E-state index in [1.54, 1.807) is 11.9 Å². The lowest BCUT2D eigenvalue weighted by Gasteiger charge is -2.32. The van der Waals surface area contributed by atoms with Crippen LogP contribution in [0.1, 0.15) is 40.0 Å². The van der Waals surface area contributed by atoms with Crippen molar-refractivity contribution in [1.29, 1.82) is 0 Å². The highest BCUT2D eigenvalue weighted by Gasteiger charge is 2.23. The molecule has 0 aromatic carbocycles. The van der Waals surface area contributed by atoms with Crippen LogP contribution in [-0.2, 0) is 4.74 Å². The molecule has 1 aliphatic heterocycles. The van der Waals surface area contributed by atoms with Gasteiger partial charge in [-0.2, -0.15) is 0 Å². The summed E-state index contributed by atoms with van der Waals surface area (Å²) in [5.41, 5.74) is 0. The second-order valence-electron chi connectivity index (χ2n) is 5.79. The third-order valence-electron chi connectivity index (χ3n) is 3.60. The minimum atomic E-state index is -0.199. The molecule has 0 saturated carbocycles. The van der Waals surface area contributed by atoms with Crippen LogP contribution in [0.25, 0.3) is 0 Å². The van der Waals surface area contributed by atoms with Crippen molar-refractivity contribution >= 4 is 12.1 Å². The van der Waals surface area contributed by atoms with Crippen molar-refractivity contribution in [1.82, 2.24) is 15.5 Å². The van der Waals surface area contributed by atoms with Gasteiger partial charge in [-0.15, -0.1) is 0 Å². The van der Waals surface area contributed by atoms with Crippen molar-refractivity contribution < 1.29 is 9.53 Å². The standard InChI is InChI=1S/C15H30N4O2/c1-5-21-15(20)19-10-7-13(8-11-19)18-14(16-4)17-9-6-12(2)3/h12-13H,5-11H2,1-4H3,(H2,16,17,18). The maximum atomic E-state index is 11.6. The Morgan fingerprint density at radius 2 is 2.05 bits per heavy atom. The Morgan fingerprint density at radius 3 is 2.57 bits per heavy atom. The molecule has 1 fully saturated rings. The summed E-state index contributed by atoms with van der Waals surface area (Å²) in [6, 6.07) is 0.362. The number of hydrogen-bond donors (Lipinski definition) is 2. The molecule has 0 unspecified atom stereocenters. The summed E-state index contributed by atoms with van der Waals surface area (Å²) < 4.78 is 5.02. The van der Waals surface area contributed by atoms with Gasteiger partial charge in [-0.05, 0) is 32.1 Å². The van der Waals surface area contributed by atoms with Gasteiger partial charge in [-0.25, -0.2) is 4.79 Å². The first-order chi connectivity index (χ1) is 10.1. The number of carbonyl (C=O) groups is 1. The molecule has 1 heterocycles. The lowest BCUT2D eigenvalue weighted by molar-refractivity contribution is 0.0963. The van der Waals surface area contributed by atoms with Gasteiger partial charge in [0.15, 0.2) is 5.96 Å². The number of guanidine groups is 1. The van der Waals surface area contributed by atoms with E-state index in [1.807, 2.05) is 6.92 Å². The van der Waals surface area contributed by atoms with E-state index in [4.69, 9.17) is 4.74 Å². The van der Waals surface area contributed by atoms with Gasteiger partial charge in [-0.1, -0.05) is 13.8 Å². The van der Waals surface area contributed by atoms with Crippen LogP contribution in [0, 0.1) is 5.92 Å². The summed E-state index contributed by atoms with van der Waals surface area (Å²) in [4.78, 5) is 17.7. The Hall–Kier alpha value is -1.46. The van der Waals surface area contributed by atoms with Gasteiger partial charge in [0.2, 0.25) is 0 Å². The predicted molar refractivity (Wildman–Crippen MR) is 85.6 cm³/mol. The summed E-state index contributed by atoms with van der Waals surface area (Å²) in [5.74, 6) is 1.54. The summed E-state index contributed by atoms with van der Waals surface area (Å²) in [7, 11) is 1.79. The minimum absolute atomic E-state index is 0.199.